The molecule has 0 heterocycles. The van der Waals surface area contributed by atoms with Crippen molar-refractivity contribution in [3.8, 4) is 17.8 Å². The summed E-state index contributed by atoms with van der Waals surface area (Å²) in [7, 11) is 3.08. The number of benzene rings is 1. The zero-order valence-electron chi connectivity index (χ0n) is 10.5. The van der Waals surface area contributed by atoms with Crippen LogP contribution in [0.5, 0.6) is 11.5 Å². The van der Waals surface area contributed by atoms with Crippen molar-refractivity contribution >= 4 is 28.0 Å². The summed E-state index contributed by atoms with van der Waals surface area (Å²) >= 11 is 3.36. The maximum Gasteiger partial charge on any atom is 0.346 e. The van der Waals surface area contributed by atoms with Gasteiger partial charge in [-0.2, -0.15) is 0 Å². The second-order valence-electron chi connectivity index (χ2n) is 3.39. The Kier molecular flexibility index (Phi) is 5.90. The van der Waals surface area contributed by atoms with E-state index in [0.717, 1.165) is 11.1 Å². The third kappa shape index (κ3) is 4.00. The van der Waals surface area contributed by atoms with Crippen LogP contribution in [0.25, 0.3) is 6.08 Å². The van der Waals surface area contributed by atoms with E-state index in [4.69, 9.17) is 14.7 Å². The quantitative estimate of drug-likeness (QED) is 0.360. The highest BCUT2D eigenvalue weighted by molar-refractivity contribution is 9.08. The molecular formula is C13H12BrNO4. The number of halogens is 1. The minimum Gasteiger partial charge on any atom is -0.493 e. The molecule has 0 aliphatic rings. The number of nitriles is 1. The van der Waals surface area contributed by atoms with E-state index < -0.39 is 5.97 Å². The number of nitrogens with zero attached hydrogens (tertiary/aromatic N) is 1. The molecule has 0 atom stereocenters. The van der Waals surface area contributed by atoms with Crippen LogP contribution in [0.15, 0.2) is 18.2 Å². The number of methoxy groups -OCH3 is 2. The van der Waals surface area contributed by atoms with Gasteiger partial charge in [-0.3, -0.25) is 0 Å². The van der Waals surface area contributed by atoms with Crippen LogP contribution >= 0.6 is 15.9 Å². The summed E-state index contributed by atoms with van der Waals surface area (Å²) in [6, 6.07) is 3.55. The van der Waals surface area contributed by atoms with E-state index in [1.807, 2.05) is 6.07 Å². The van der Waals surface area contributed by atoms with E-state index >= 15 is 0 Å². The van der Waals surface area contributed by atoms with E-state index in [-0.39, 0.29) is 0 Å². The fourth-order valence-corrected chi connectivity index (χ4v) is 1.93. The first-order valence-corrected chi connectivity index (χ1v) is 6.37. The summed E-state index contributed by atoms with van der Waals surface area (Å²) in [6.07, 6.45) is 4.05. The lowest BCUT2D eigenvalue weighted by molar-refractivity contribution is -0.131. The molecule has 0 saturated heterocycles. The molecule has 1 aromatic carbocycles. The van der Waals surface area contributed by atoms with Gasteiger partial charge in [0.05, 0.1) is 14.2 Å². The molecule has 0 aliphatic heterocycles. The fraction of sp³-hybridized carbons (Fsp3) is 0.231. The predicted octanol–water partition coefficient (Wildman–Crippen LogP) is 2.64. The molecule has 0 unspecified atom stereocenters. The summed E-state index contributed by atoms with van der Waals surface area (Å²) in [6.45, 7) is 0. The van der Waals surface area contributed by atoms with Crippen molar-refractivity contribution in [2.24, 2.45) is 0 Å². The molecule has 0 amide bonds. The van der Waals surface area contributed by atoms with Crippen molar-refractivity contribution in [2.45, 2.75) is 5.33 Å². The summed E-state index contributed by atoms with van der Waals surface area (Å²) in [4.78, 5) is 11.1. The highest BCUT2D eigenvalue weighted by Crippen LogP contribution is 2.32. The predicted molar refractivity (Wildman–Crippen MR) is 72.9 cm³/mol. The zero-order chi connectivity index (χ0) is 14.3. The molecule has 0 spiro atoms. The molecule has 0 bridgehead atoms. The van der Waals surface area contributed by atoms with Crippen LogP contribution in [0.3, 0.4) is 0 Å². The van der Waals surface area contributed by atoms with Gasteiger partial charge in [0.25, 0.3) is 6.26 Å². The molecule has 0 radical (unpaired) electrons. The third-order valence-corrected chi connectivity index (χ3v) is 2.94. The van der Waals surface area contributed by atoms with Crippen LogP contribution in [0.2, 0.25) is 0 Å². The van der Waals surface area contributed by atoms with Crippen molar-refractivity contribution in [1.82, 2.24) is 0 Å². The molecule has 1 aromatic rings. The van der Waals surface area contributed by atoms with Gasteiger partial charge in [0.1, 0.15) is 0 Å². The lowest BCUT2D eigenvalue weighted by atomic mass is 10.1. The molecule has 5 nitrogen and oxygen atoms in total. The van der Waals surface area contributed by atoms with Crippen molar-refractivity contribution in [3.63, 3.8) is 0 Å². The van der Waals surface area contributed by atoms with Gasteiger partial charge in [-0.1, -0.05) is 15.9 Å². The molecule has 19 heavy (non-hydrogen) atoms. The van der Waals surface area contributed by atoms with Crippen molar-refractivity contribution in [3.05, 3.63) is 29.3 Å². The Balaban J connectivity index is 3.12. The maximum atomic E-state index is 11.1. The Hall–Kier alpha value is -2.00. The summed E-state index contributed by atoms with van der Waals surface area (Å²) in [5, 5.41) is 8.80. The van der Waals surface area contributed by atoms with Crippen LogP contribution in [0.4, 0.5) is 0 Å². The normalized spacial score (nSPS) is 10.0. The Morgan fingerprint density at radius 1 is 1.37 bits per heavy atom. The first-order chi connectivity index (χ1) is 9.15. The number of hydrogen-bond acceptors (Lipinski definition) is 5. The molecule has 0 aromatic heterocycles. The molecule has 1 rings (SSSR count). The topological polar surface area (TPSA) is 68.5 Å². The number of esters is 1. The number of rotatable bonds is 5. The minimum absolute atomic E-state index is 0.556. The van der Waals surface area contributed by atoms with Crippen LogP contribution < -0.4 is 9.47 Å². The van der Waals surface area contributed by atoms with Gasteiger partial charge in [-0.25, -0.2) is 4.79 Å². The smallest absolute Gasteiger partial charge is 0.346 e. The average molecular weight is 326 g/mol. The Morgan fingerprint density at radius 3 is 2.53 bits per heavy atom. The largest absolute Gasteiger partial charge is 0.493 e. The molecular weight excluding hydrogens is 314 g/mol. The molecule has 100 valence electrons. The summed E-state index contributed by atoms with van der Waals surface area (Å²) in [5.74, 6) is 0.437. The molecule has 0 N–H and O–H groups in total. The van der Waals surface area contributed by atoms with Gasteiger partial charge < -0.3 is 14.2 Å². The number of alkyl halides is 1. The molecule has 0 saturated carbocycles. The second kappa shape index (κ2) is 7.44. The first kappa shape index (κ1) is 15.1. The number of carbonyl (C=O) groups excluding carboxylic acids is 1. The third-order valence-electron chi connectivity index (χ3n) is 2.33. The zero-order valence-corrected chi connectivity index (χ0v) is 12.1. The standard InChI is InChI=1S/C13H12BrNO4/c1-17-11-5-9(3-4-13(16)19-8-15)10(7-14)6-12(11)18-2/h3-6H,7H2,1-2H3. The van der Waals surface area contributed by atoms with Crippen LogP contribution in [-0.4, -0.2) is 20.2 Å². The lowest BCUT2D eigenvalue weighted by Crippen LogP contribution is -1.96. The molecule has 0 fully saturated rings. The molecule has 0 aliphatic carbocycles. The van der Waals surface area contributed by atoms with E-state index in [1.165, 1.54) is 19.4 Å². The highest BCUT2D eigenvalue weighted by Gasteiger charge is 2.09. The number of ether oxygens (including phenoxy) is 3. The van der Waals surface area contributed by atoms with Gasteiger partial charge in [0.15, 0.2) is 11.5 Å². The highest BCUT2D eigenvalue weighted by atomic mass is 79.9. The van der Waals surface area contributed by atoms with Crippen molar-refractivity contribution < 1.29 is 19.0 Å². The van der Waals surface area contributed by atoms with Gasteiger partial charge in [-0.15, -0.1) is 5.26 Å². The summed E-state index contributed by atoms with van der Waals surface area (Å²) < 4.78 is 14.5. The van der Waals surface area contributed by atoms with Gasteiger partial charge in [-0.05, 0) is 29.3 Å². The van der Waals surface area contributed by atoms with Crippen molar-refractivity contribution in [1.29, 1.82) is 5.26 Å². The van der Waals surface area contributed by atoms with E-state index in [0.29, 0.717) is 16.8 Å². The summed E-state index contributed by atoms with van der Waals surface area (Å²) in [5.41, 5.74) is 1.68. The average Bonchev–Trinajstić information content (AvgIpc) is 2.44. The van der Waals surface area contributed by atoms with E-state index in [1.54, 1.807) is 19.3 Å². The Labute approximate surface area is 119 Å². The maximum absolute atomic E-state index is 11.1. The van der Waals surface area contributed by atoms with Crippen LogP contribution in [-0.2, 0) is 14.9 Å². The van der Waals surface area contributed by atoms with Crippen LogP contribution in [0, 0.1) is 11.5 Å². The number of hydrogen-bond donors (Lipinski definition) is 0. The lowest BCUT2D eigenvalue weighted by Gasteiger charge is -2.11. The number of carbonyl (C=O) groups is 1. The first-order valence-electron chi connectivity index (χ1n) is 5.25. The van der Waals surface area contributed by atoms with Crippen LogP contribution in [0.1, 0.15) is 11.1 Å². The van der Waals surface area contributed by atoms with Gasteiger partial charge in [0.2, 0.25) is 0 Å². The molecule has 6 heteroatoms. The monoisotopic (exact) mass is 325 g/mol. The van der Waals surface area contributed by atoms with E-state index in [2.05, 4.69) is 20.7 Å². The van der Waals surface area contributed by atoms with Gasteiger partial charge in [0, 0.05) is 11.4 Å². The second-order valence-corrected chi connectivity index (χ2v) is 3.95. The Bertz CT molecular complexity index is 534. The Morgan fingerprint density at radius 2 is 2.00 bits per heavy atom. The van der Waals surface area contributed by atoms with Gasteiger partial charge >= 0.3 is 5.97 Å². The minimum atomic E-state index is -0.724. The van der Waals surface area contributed by atoms with Crippen molar-refractivity contribution in [2.75, 3.05) is 14.2 Å². The SMILES string of the molecule is COc1cc(C=CC(=O)OC#N)c(CBr)cc1OC. The van der Waals surface area contributed by atoms with E-state index in [9.17, 15) is 4.79 Å². The fourth-order valence-electron chi connectivity index (χ4n) is 1.44.